The van der Waals surface area contributed by atoms with Crippen LogP contribution in [0, 0.1) is 0 Å². The zero-order chi connectivity index (χ0) is 15.1. The van der Waals surface area contributed by atoms with Gasteiger partial charge in [-0.3, -0.25) is 9.69 Å². The van der Waals surface area contributed by atoms with Crippen molar-refractivity contribution >= 4 is 23.1 Å². The smallest absolute Gasteiger partial charge is 0.236 e. The summed E-state index contributed by atoms with van der Waals surface area (Å²) < 4.78 is 0. The van der Waals surface area contributed by atoms with Gasteiger partial charge in [0.15, 0.2) is 0 Å². The van der Waals surface area contributed by atoms with Crippen LogP contribution in [0.3, 0.4) is 0 Å². The van der Waals surface area contributed by atoms with Crippen molar-refractivity contribution in [3.05, 3.63) is 35.4 Å². The third-order valence-corrected chi connectivity index (χ3v) is 3.28. The number of likely N-dealkylation sites (N-methyl/N-ethyl adjacent to an activating group) is 1. The van der Waals surface area contributed by atoms with Gasteiger partial charge in [0.2, 0.25) is 5.91 Å². The van der Waals surface area contributed by atoms with Crippen LogP contribution < -0.4 is 5.73 Å². The fraction of sp³-hybridized carbons (Fsp3) is 0.467. The Hall–Kier alpha value is -1.46. The second-order valence-corrected chi connectivity index (χ2v) is 5.50. The first-order valence-electron chi connectivity index (χ1n) is 6.75. The van der Waals surface area contributed by atoms with Crippen LogP contribution in [0.1, 0.15) is 24.5 Å². The molecule has 1 amide bonds. The lowest BCUT2D eigenvalue weighted by molar-refractivity contribution is -0.130. The lowest BCUT2D eigenvalue weighted by Gasteiger charge is -2.23. The van der Waals surface area contributed by atoms with E-state index in [2.05, 4.69) is 11.8 Å². The maximum atomic E-state index is 11.8. The second-order valence-electron chi connectivity index (χ2n) is 5.06. The number of rotatable bonds is 7. The van der Waals surface area contributed by atoms with Crippen LogP contribution in [-0.4, -0.2) is 47.9 Å². The third kappa shape index (κ3) is 5.27. The molecule has 0 radical (unpaired) electrons. The van der Waals surface area contributed by atoms with E-state index >= 15 is 0 Å². The number of benzene rings is 1. The van der Waals surface area contributed by atoms with Crippen LogP contribution in [0.25, 0.3) is 0 Å². The summed E-state index contributed by atoms with van der Waals surface area (Å²) in [5, 5.41) is 0. The Morgan fingerprint density at radius 2 is 1.85 bits per heavy atom. The Morgan fingerprint density at radius 3 is 2.30 bits per heavy atom. The van der Waals surface area contributed by atoms with Crippen LogP contribution in [0.5, 0.6) is 0 Å². The maximum absolute atomic E-state index is 11.8. The molecule has 2 N–H and O–H groups in total. The summed E-state index contributed by atoms with van der Waals surface area (Å²) in [7, 11) is 3.56. The molecular weight excluding hydrogens is 270 g/mol. The minimum absolute atomic E-state index is 0.123. The topological polar surface area (TPSA) is 49.6 Å². The average Bonchev–Trinajstić information content (AvgIpc) is 2.39. The molecule has 0 aromatic heterocycles. The van der Waals surface area contributed by atoms with E-state index in [9.17, 15) is 4.79 Å². The van der Waals surface area contributed by atoms with Crippen molar-refractivity contribution in [2.75, 3.05) is 27.2 Å². The lowest BCUT2D eigenvalue weighted by atomic mass is 10.1. The highest BCUT2D eigenvalue weighted by molar-refractivity contribution is 7.80. The molecule has 0 saturated carbocycles. The molecule has 0 atom stereocenters. The number of nitrogens with two attached hydrogens (primary N) is 1. The highest BCUT2D eigenvalue weighted by Gasteiger charge is 2.12. The molecule has 0 bridgehead atoms. The van der Waals surface area contributed by atoms with Gasteiger partial charge in [-0.1, -0.05) is 43.4 Å². The van der Waals surface area contributed by atoms with Gasteiger partial charge in [0.25, 0.3) is 0 Å². The molecule has 0 saturated heterocycles. The van der Waals surface area contributed by atoms with Crippen LogP contribution in [0.2, 0.25) is 0 Å². The van der Waals surface area contributed by atoms with Gasteiger partial charge in [-0.05, 0) is 18.5 Å². The van der Waals surface area contributed by atoms with E-state index in [0.717, 1.165) is 30.6 Å². The number of thiocarbonyl (C=S) groups is 1. The second kappa shape index (κ2) is 7.97. The summed E-state index contributed by atoms with van der Waals surface area (Å²) in [5.74, 6) is 0.123. The number of carbonyl (C=O) groups excluding carboxylic acids is 1. The Balaban J connectivity index is 2.69. The number of hydrogen-bond acceptors (Lipinski definition) is 3. The minimum Gasteiger partial charge on any atom is -0.389 e. The quantitative estimate of drug-likeness (QED) is 0.776. The summed E-state index contributed by atoms with van der Waals surface area (Å²) in [6, 6.07) is 7.87. The molecule has 1 aromatic carbocycles. The van der Waals surface area contributed by atoms with E-state index in [0.29, 0.717) is 11.5 Å². The van der Waals surface area contributed by atoms with E-state index in [1.807, 2.05) is 24.3 Å². The van der Waals surface area contributed by atoms with Crippen LogP contribution in [-0.2, 0) is 11.3 Å². The number of nitrogens with zero attached hydrogens (tertiary/aromatic N) is 2. The normalized spacial score (nSPS) is 10.6. The predicted molar refractivity (Wildman–Crippen MR) is 86.6 cm³/mol. The molecule has 0 aliphatic carbocycles. The monoisotopic (exact) mass is 293 g/mol. The predicted octanol–water partition coefficient (Wildman–Crippen LogP) is 1.62. The minimum atomic E-state index is 0.123. The largest absolute Gasteiger partial charge is 0.389 e. The van der Waals surface area contributed by atoms with E-state index < -0.39 is 0 Å². The van der Waals surface area contributed by atoms with Gasteiger partial charge < -0.3 is 10.6 Å². The van der Waals surface area contributed by atoms with Crippen molar-refractivity contribution in [3.63, 3.8) is 0 Å². The van der Waals surface area contributed by atoms with Crippen LogP contribution in [0.15, 0.2) is 24.3 Å². The molecular formula is C15H23N3OS. The highest BCUT2D eigenvalue weighted by Crippen LogP contribution is 2.08. The van der Waals surface area contributed by atoms with Crippen molar-refractivity contribution in [2.24, 2.45) is 5.73 Å². The molecule has 0 aliphatic heterocycles. The molecule has 4 nitrogen and oxygen atoms in total. The SMILES string of the molecule is CCCN(CC(=O)N(C)C)Cc1ccc(C(N)=S)cc1. The maximum Gasteiger partial charge on any atom is 0.236 e. The number of amides is 1. The number of hydrogen-bond donors (Lipinski definition) is 1. The first-order chi connectivity index (χ1) is 9.43. The first-order valence-corrected chi connectivity index (χ1v) is 7.16. The zero-order valence-corrected chi connectivity index (χ0v) is 13.2. The van der Waals surface area contributed by atoms with Gasteiger partial charge in [-0.15, -0.1) is 0 Å². The van der Waals surface area contributed by atoms with Crippen LogP contribution >= 0.6 is 12.2 Å². The molecule has 20 heavy (non-hydrogen) atoms. The van der Waals surface area contributed by atoms with E-state index in [1.165, 1.54) is 0 Å². The van der Waals surface area contributed by atoms with Gasteiger partial charge >= 0.3 is 0 Å². The van der Waals surface area contributed by atoms with Gasteiger partial charge in [-0.2, -0.15) is 0 Å². The van der Waals surface area contributed by atoms with Crippen molar-refractivity contribution < 1.29 is 4.79 Å². The Labute approximate surface area is 126 Å². The third-order valence-electron chi connectivity index (χ3n) is 3.04. The van der Waals surface area contributed by atoms with Crippen LogP contribution in [0.4, 0.5) is 0 Å². The molecule has 1 rings (SSSR count). The zero-order valence-electron chi connectivity index (χ0n) is 12.4. The van der Waals surface area contributed by atoms with E-state index in [1.54, 1.807) is 19.0 Å². The standard InChI is InChI=1S/C15H23N3OS/c1-4-9-18(11-14(19)17(2)3)10-12-5-7-13(8-6-12)15(16)20/h5-8H,4,9-11H2,1-3H3,(H2,16,20). The molecule has 0 fully saturated rings. The Morgan fingerprint density at radius 1 is 1.25 bits per heavy atom. The molecule has 5 heteroatoms. The van der Waals surface area contributed by atoms with Gasteiger partial charge in [0, 0.05) is 26.2 Å². The van der Waals surface area contributed by atoms with Gasteiger partial charge in [0.05, 0.1) is 6.54 Å². The fourth-order valence-electron chi connectivity index (χ4n) is 1.90. The van der Waals surface area contributed by atoms with Gasteiger partial charge in [0.1, 0.15) is 4.99 Å². The summed E-state index contributed by atoms with van der Waals surface area (Å²) >= 11 is 4.94. The Kier molecular flexibility index (Phi) is 6.61. The Bertz CT molecular complexity index is 457. The van der Waals surface area contributed by atoms with E-state index in [4.69, 9.17) is 18.0 Å². The lowest BCUT2D eigenvalue weighted by Crippen LogP contribution is -2.36. The van der Waals surface area contributed by atoms with Crippen molar-refractivity contribution in [2.45, 2.75) is 19.9 Å². The molecule has 110 valence electrons. The highest BCUT2D eigenvalue weighted by atomic mass is 32.1. The molecule has 0 aliphatic rings. The molecule has 0 spiro atoms. The van der Waals surface area contributed by atoms with Crippen molar-refractivity contribution in [3.8, 4) is 0 Å². The molecule has 0 heterocycles. The summed E-state index contributed by atoms with van der Waals surface area (Å²) in [5.41, 5.74) is 7.61. The number of carbonyl (C=O) groups is 1. The molecule has 0 unspecified atom stereocenters. The van der Waals surface area contributed by atoms with E-state index in [-0.39, 0.29) is 5.91 Å². The fourth-order valence-corrected chi connectivity index (χ4v) is 2.03. The average molecular weight is 293 g/mol. The van der Waals surface area contributed by atoms with Gasteiger partial charge in [-0.25, -0.2) is 0 Å². The summed E-state index contributed by atoms with van der Waals surface area (Å²) in [4.78, 5) is 16.0. The van der Waals surface area contributed by atoms with Crippen molar-refractivity contribution in [1.29, 1.82) is 0 Å². The summed E-state index contributed by atoms with van der Waals surface area (Å²) in [6.07, 6.45) is 1.02. The van der Waals surface area contributed by atoms with Crippen molar-refractivity contribution in [1.82, 2.24) is 9.80 Å². The first kappa shape index (κ1) is 16.6. The molecule has 1 aromatic rings. The summed E-state index contributed by atoms with van der Waals surface area (Å²) in [6.45, 7) is 4.21.